The van der Waals surface area contributed by atoms with Crippen LogP contribution in [0.1, 0.15) is 23.7 Å². The van der Waals surface area contributed by atoms with E-state index in [0.29, 0.717) is 17.6 Å². The van der Waals surface area contributed by atoms with E-state index in [0.717, 1.165) is 34.1 Å². The van der Waals surface area contributed by atoms with Crippen molar-refractivity contribution in [2.24, 2.45) is 0 Å². The lowest BCUT2D eigenvalue weighted by molar-refractivity contribution is 1.08. The minimum absolute atomic E-state index is 0.238. The van der Waals surface area contributed by atoms with E-state index in [1.807, 2.05) is 44.2 Å². The molecule has 0 aliphatic carbocycles. The summed E-state index contributed by atoms with van der Waals surface area (Å²) < 4.78 is 0. The molecule has 0 spiro atoms. The van der Waals surface area contributed by atoms with Crippen LogP contribution >= 0.6 is 0 Å². The number of aryl methyl sites for hydroxylation is 3. The molecule has 0 atom stereocenters. The van der Waals surface area contributed by atoms with Gasteiger partial charge in [0.05, 0.1) is 16.9 Å². The highest BCUT2D eigenvalue weighted by molar-refractivity contribution is 5.82. The van der Waals surface area contributed by atoms with Gasteiger partial charge in [-0.15, -0.1) is 0 Å². The number of anilines is 2. The molecule has 0 saturated carbocycles. The predicted molar refractivity (Wildman–Crippen MR) is 112 cm³/mol. The van der Waals surface area contributed by atoms with Crippen molar-refractivity contribution in [1.82, 2.24) is 19.9 Å². The van der Waals surface area contributed by atoms with Crippen LogP contribution in [0.5, 0.6) is 0 Å². The first-order chi connectivity index (χ1) is 13.5. The average Bonchev–Trinajstić information content (AvgIpc) is 2.68. The maximum Gasteiger partial charge on any atom is 0.252 e. The van der Waals surface area contributed by atoms with Crippen LogP contribution in [-0.4, -0.2) is 19.9 Å². The molecule has 0 amide bonds. The molecule has 0 bridgehead atoms. The van der Waals surface area contributed by atoms with Crippen molar-refractivity contribution in [2.45, 2.75) is 27.2 Å². The normalized spacial score (nSPS) is 11.0. The number of fused-ring (bicyclic) bond motifs is 1. The summed E-state index contributed by atoms with van der Waals surface area (Å²) in [5, 5.41) is 4.07. The largest absolute Gasteiger partial charge is 0.294 e. The second-order valence-electron chi connectivity index (χ2n) is 6.81. The lowest BCUT2D eigenvalue weighted by Gasteiger charge is -2.09. The SMILES string of the molecule is CCc1ccc2nc(Nc3nc(-c4ccc(C)cc4)cc(=O)[nH]3)nc(C)c2c1. The van der Waals surface area contributed by atoms with Crippen molar-refractivity contribution in [2.75, 3.05) is 5.32 Å². The monoisotopic (exact) mass is 371 g/mol. The molecule has 6 heteroatoms. The van der Waals surface area contributed by atoms with Crippen molar-refractivity contribution in [3.8, 4) is 11.3 Å². The molecule has 28 heavy (non-hydrogen) atoms. The Morgan fingerprint density at radius 2 is 1.75 bits per heavy atom. The van der Waals surface area contributed by atoms with Gasteiger partial charge in [0.25, 0.3) is 5.56 Å². The molecule has 2 aromatic carbocycles. The number of benzene rings is 2. The smallest absolute Gasteiger partial charge is 0.252 e. The zero-order valence-electron chi connectivity index (χ0n) is 16.1. The number of hydrogen-bond donors (Lipinski definition) is 2. The van der Waals surface area contributed by atoms with Crippen molar-refractivity contribution in [1.29, 1.82) is 0 Å². The maximum atomic E-state index is 12.1. The molecule has 0 aliphatic heterocycles. The van der Waals surface area contributed by atoms with Crippen molar-refractivity contribution < 1.29 is 0 Å². The van der Waals surface area contributed by atoms with Crippen LogP contribution in [0.15, 0.2) is 53.3 Å². The molecule has 0 fully saturated rings. The maximum absolute atomic E-state index is 12.1. The predicted octanol–water partition coefficient (Wildman–Crippen LogP) is 4.30. The van der Waals surface area contributed by atoms with Gasteiger partial charge in [-0.1, -0.05) is 42.8 Å². The van der Waals surface area contributed by atoms with Crippen molar-refractivity contribution >= 4 is 22.8 Å². The molecule has 4 aromatic rings. The first kappa shape index (κ1) is 17.9. The number of hydrogen-bond acceptors (Lipinski definition) is 5. The average molecular weight is 371 g/mol. The van der Waals surface area contributed by atoms with Gasteiger partial charge in [-0.3, -0.25) is 15.1 Å². The van der Waals surface area contributed by atoms with E-state index in [-0.39, 0.29) is 5.56 Å². The molecule has 0 radical (unpaired) electrons. The van der Waals surface area contributed by atoms with E-state index in [4.69, 9.17) is 0 Å². The molecule has 140 valence electrons. The van der Waals surface area contributed by atoms with E-state index >= 15 is 0 Å². The summed E-state index contributed by atoms with van der Waals surface area (Å²) in [5.41, 5.74) is 5.36. The first-order valence-corrected chi connectivity index (χ1v) is 9.24. The third-order valence-electron chi connectivity index (χ3n) is 4.68. The number of nitrogens with one attached hydrogen (secondary N) is 2. The Morgan fingerprint density at radius 3 is 2.50 bits per heavy atom. The Kier molecular flexibility index (Phi) is 4.61. The zero-order chi connectivity index (χ0) is 19.7. The van der Waals surface area contributed by atoms with Gasteiger partial charge >= 0.3 is 0 Å². The lowest BCUT2D eigenvalue weighted by atomic mass is 10.1. The molecule has 0 saturated heterocycles. The molecular weight excluding hydrogens is 350 g/mol. The fourth-order valence-electron chi connectivity index (χ4n) is 3.10. The van der Waals surface area contributed by atoms with Crippen LogP contribution in [0.25, 0.3) is 22.2 Å². The van der Waals surface area contributed by atoms with Crippen molar-refractivity contribution in [3.05, 3.63) is 75.7 Å². The number of aromatic amines is 1. The minimum atomic E-state index is -0.238. The van der Waals surface area contributed by atoms with E-state index in [1.54, 1.807) is 0 Å². The van der Waals surface area contributed by atoms with Gasteiger partial charge in [-0.05, 0) is 38.0 Å². The van der Waals surface area contributed by atoms with Gasteiger partial charge in [0.15, 0.2) is 0 Å². The van der Waals surface area contributed by atoms with Crippen LogP contribution in [-0.2, 0) is 6.42 Å². The summed E-state index contributed by atoms with van der Waals surface area (Å²) in [4.78, 5) is 28.4. The Bertz CT molecular complexity index is 1210. The minimum Gasteiger partial charge on any atom is -0.294 e. The summed E-state index contributed by atoms with van der Waals surface area (Å²) in [5.74, 6) is 0.713. The van der Waals surface area contributed by atoms with Crippen LogP contribution in [0.3, 0.4) is 0 Å². The zero-order valence-corrected chi connectivity index (χ0v) is 16.1. The summed E-state index contributed by atoms with van der Waals surface area (Å²) in [6.45, 7) is 6.09. The molecule has 0 aliphatic rings. The van der Waals surface area contributed by atoms with E-state index < -0.39 is 0 Å². The fourth-order valence-corrected chi connectivity index (χ4v) is 3.10. The van der Waals surface area contributed by atoms with Gasteiger partial charge in [-0.25, -0.2) is 15.0 Å². The third kappa shape index (κ3) is 3.62. The second kappa shape index (κ2) is 7.23. The number of nitrogens with zero attached hydrogens (tertiary/aromatic N) is 3. The Labute approximate surface area is 162 Å². The topological polar surface area (TPSA) is 83.6 Å². The number of aromatic nitrogens is 4. The van der Waals surface area contributed by atoms with Gasteiger partial charge < -0.3 is 0 Å². The van der Waals surface area contributed by atoms with Gasteiger partial charge in [0.1, 0.15) is 0 Å². The van der Waals surface area contributed by atoms with E-state index in [9.17, 15) is 4.79 Å². The highest BCUT2D eigenvalue weighted by atomic mass is 16.1. The number of rotatable bonds is 4. The van der Waals surface area contributed by atoms with E-state index in [1.165, 1.54) is 11.6 Å². The Morgan fingerprint density at radius 1 is 0.964 bits per heavy atom. The summed E-state index contributed by atoms with van der Waals surface area (Å²) in [6, 6.07) is 15.5. The van der Waals surface area contributed by atoms with Crippen molar-refractivity contribution in [3.63, 3.8) is 0 Å². The number of H-pyrrole nitrogens is 1. The molecule has 0 unspecified atom stereocenters. The molecule has 2 aromatic heterocycles. The molecule has 4 rings (SSSR count). The summed E-state index contributed by atoms with van der Waals surface area (Å²) in [7, 11) is 0. The van der Waals surface area contributed by atoms with E-state index in [2.05, 4.69) is 44.3 Å². The first-order valence-electron chi connectivity index (χ1n) is 9.24. The van der Waals surface area contributed by atoms with Gasteiger partial charge in [0, 0.05) is 17.0 Å². The second-order valence-corrected chi connectivity index (χ2v) is 6.81. The van der Waals surface area contributed by atoms with Crippen LogP contribution in [0, 0.1) is 13.8 Å². The standard InChI is InChI=1S/C22H21N5O/c1-4-15-7-10-18-17(11-15)14(3)23-21(24-18)27-22-25-19(12-20(28)26-22)16-8-5-13(2)6-9-16/h5-12H,4H2,1-3H3,(H2,23,24,25,26,27,28). The third-order valence-corrected chi connectivity index (χ3v) is 4.68. The summed E-state index contributed by atoms with van der Waals surface area (Å²) in [6.07, 6.45) is 0.965. The molecular formula is C22H21N5O. The van der Waals surface area contributed by atoms with Crippen LogP contribution in [0.4, 0.5) is 11.9 Å². The Balaban J connectivity index is 1.71. The highest BCUT2D eigenvalue weighted by Crippen LogP contribution is 2.21. The van der Waals surface area contributed by atoms with Gasteiger partial charge in [0.2, 0.25) is 11.9 Å². The van der Waals surface area contributed by atoms with Crippen LogP contribution < -0.4 is 10.9 Å². The molecule has 2 heterocycles. The quantitative estimate of drug-likeness (QED) is 0.559. The fraction of sp³-hybridized carbons (Fsp3) is 0.182. The Hall–Kier alpha value is -3.54. The van der Waals surface area contributed by atoms with Crippen LogP contribution in [0.2, 0.25) is 0 Å². The lowest BCUT2D eigenvalue weighted by Crippen LogP contribution is -2.12. The highest BCUT2D eigenvalue weighted by Gasteiger charge is 2.09. The summed E-state index contributed by atoms with van der Waals surface area (Å²) >= 11 is 0. The molecule has 6 nitrogen and oxygen atoms in total. The van der Waals surface area contributed by atoms with Gasteiger partial charge in [-0.2, -0.15) is 0 Å². The molecule has 2 N–H and O–H groups in total.